The summed E-state index contributed by atoms with van der Waals surface area (Å²) in [5.41, 5.74) is 4.54. The summed E-state index contributed by atoms with van der Waals surface area (Å²) in [6, 6.07) is 15.8. The maximum atomic E-state index is 12.1. The van der Waals surface area contributed by atoms with E-state index in [4.69, 9.17) is 22.1 Å². The van der Waals surface area contributed by atoms with Gasteiger partial charge in [-0.2, -0.15) is 5.10 Å². The van der Waals surface area contributed by atoms with Gasteiger partial charge in [-0.3, -0.25) is 4.79 Å². The van der Waals surface area contributed by atoms with Gasteiger partial charge in [0.1, 0.15) is 15.8 Å². The Morgan fingerprint density at radius 1 is 1.21 bits per heavy atom. The second-order valence-electron chi connectivity index (χ2n) is 6.25. The maximum absolute atomic E-state index is 12.1. The van der Waals surface area contributed by atoms with E-state index in [-0.39, 0.29) is 5.91 Å². The second-order valence-corrected chi connectivity index (χ2v) is 7.97. The molecule has 0 atom stereocenters. The van der Waals surface area contributed by atoms with Crippen molar-refractivity contribution in [3.63, 3.8) is 0 Å². The molecule has 1 amide bonds. The predicted octanol–water partition coefficient (Wildman–Crippen LogP) is 4.35. The van der Waals surface area contributed by atoms with Gasteiger partial charge in [-0.1, -0.05) is 42.2 Å². The Hall–Kier alpha value is -2.90. The molecule has 0 saturated carbocycles. The molecule has 7 heteroatoms. The number of ether oxygens (including phenoxy) is 1. The number of hydrogen-bond donors (Lipinski definition) is 1. The van der Waals surface area contributed by atoms with Crippen molar-refractivity contribution in [3.8, 4) is 22.7 Å². The lowest BCUT2D eigenvalue weighted by atomic mass is 10.0. The molecule has 1 saturated heterocycles. The van der Waals surface area contributed by atoms with Crippen LogP contribution in [0.3, 0.4) is 0 Å². The number of nitrogens with one attached hydrogen (secondary N) is 1. The first-order valence-electron chi connectivity index (χ1n) is 8.60. The van der Waals surface area contributed by atoms with Gasteiger partial charge < -0.3 is 10.1 Å². The minimum atomic E-state index is -0.181. The van der Waals surface area contributed by atoms with Crippen LogP contribution in [0.15, 0.2) is 59.6 Å². The third-order valence-electron chi connectivity index (χ3n) is 4.36. The van der Waals surface area contributed by atoms with Gasteiger partial charge in [0.2, 0.25) is 0 Å². The van der Waals surface area contributed by atoms with E-state index in [1.807, 2.05) is 72.4 Å². The van der Waals surface area contributed by atoms with Crippen molar-refractivity contribution in [2.75, 3.05) is 7.11 Å². The monoisotopic (exact) mass is 407 g/mol. The van der Waals surface area contributed by atoms with Crippen LogP contribution < -0.4 is 10.1 Å². The number of rotatable bonds is 4. The zero-order valence-electron chi connectivity index (χ0n) is 15.3. The number of aryl methyl sites for hydroxylation is 1. The maximum Gasteiger partial charge on any atom is 0.263 e. The molecule has 1 aromatic heterocycles. The smallest absolute Gasteiger partial charge is 0.263 e. The van der Waals surface area contributed by atoms with Crippen molar-refractivity contribution >= 4 is 40.3 Å². The molecule has 5 nitrogen and oxygen atoms in total. The van der Waals surface area contributed by atoms with Crippen molar-refractivity contribution in [2.24, 2.45) is 0 Å². The Bertz CT molecular complexity index is 1100. The third-order valence-corrected chi connectivity index (χ3v) is 5.52. The molecule has 140 valence electrons. The summed E-state index contributed by atoms with van der Waals surface area (Å²) in [5.74, 6) is 0.640. The molecule has 28 heavy (non-hydrogen) atoms. The average molecular weight is 408 g/mol. The number of thiocarbonyl (C=S) groups is 1. The fourth-order valence-electron chi connectivity index (χ4n) is 3.02. The van der Waals surface area contributed by atoms with E-state index in [0.29, 0.717) is 9.23 Å². The fraction of sp³-hybridized carbons (Fsp3) is 0.0952. The normalized spacial score (nSPS) is 15.1. The first-order valence-corrected chi connectivity index (χ1v) is 9.82. The van der Waals surface area contributed by atoms with Crippen LogP contribution in [0.5, 0.6) is 5.75 Å². The number of methoxy groups -OCH3 is 1. The summed E-state index contributed by atoms with van der Waals surface area (Å²) in [7, 11) is 1.65. The van der Waals surface area contributed by atoms with Gasteiger partial charge in [0.05, 0.1) is 17.7 Å². The number of benzene rings is 2. The van der Waals surface area contributed by atoms with Crippen LogP contribution in [0.4, 0.5) is 0 Å². The zero-order chi connectivity index (χ0) is 19.7. The summed E-state index contributed by atoms with van der Waals surface area (Å²) >= 11 is 6.36. The summed E-state index contributed by atoms with van der Waals surface area (Å²) in [6.07, 6.45) is 3.76. The topological polar surface area (TPSA) is 56.1 Å². The van der Waals surface area contributed by atoms with Crippen LogP contribution in [0.25, 0.3) is 23.0 Å². The van der Waals surface area contributed by atoms with Gasteiger partial charge in [0.15, 0.2) is 0 Å². The number of amides is 1. The molecule has 0 bridgehead atoms. The lowest BCUT2D eigenvalue weighted by molar-refractivity contribution is -0.115. The van der Waals surface area contributed by atoms with E-state index in [1.165, 1.54) is 11.8 Å². The van der Waals surface area contributed by atoms with Gasteiger partial charge in [-0.05, 0) is 48.9 Å². The van der Waals surface area contributed by atoms with Crippen LogP contribution in [-0.4, -0.2) is 27.1 Å². The minimum absolute atomic E-state index is 0.181. The molecule has 0 unspecified atom stereocenters. The number of carbonyl (C=O) groups is 1. The van der Waals surface area contributed by atoms with Gasteiger partial charge in [-0.15, -0.1) is 0 Å². The van der Waals surface area contributed by atoms with Crippen molar-refractivity contribution in [3.05, 3.63) is 70.8 Å². The van der Waals surface area contributed by atoms with E-state index in [2.05, 4.69) is 5.32 Å². The highest BCUT2D eigenvalue weighted by Gasteiger charge is 2.23. The Morgan fingerprint density at radius 2 is 2.00 bits per heavy atom. The highest BCUT2D eigenvalue weighted by molar-refractivity contribution is 8.26. The number of thioether (sulfide) groups is 1. The molecule has 1 aliphatic rings. The molecule has 1 aliphatic heterocycles. The number of carbonyl (C=O) groups excluding carboxylic acids is 1. The quantitative estimate of drug-likeness (QED) is 0.515. The molecule has 3 aromatic rings. The standard InChI is InChI=1S/C21H17N3O2S2/c1-13-10-14(8-9-17(13)26-2)19-15(11-18-20(25)22-21(27)28-18)12-24(23-19)16-6-4-3-5-7-16/h3-12H,1-2H3,(H,22,25,27). The van der Waals surface area contributed by atoms with E-state index in [1.54, 1.807) is 7.11 Å². The molecule has 0 aliphatic carbocycles. The van der Waals surface area contributed by atoms with Crippen molar-refractivity contribution in [1.29, 1.82) is 0 Å². The van der Waals surface area contributed by atoms with Crippen molar-refractivity contribution < 1.29 is 9.53 Å². The average Bonchev–Trinajstić information content (AvgIpc) is 3.25. The molecule has 1 N–H and O–H groups in total. The van der Waals surface area contributed by atoms with Crippen LogP contribution >= 0.6 is 24.0 Å². The van der Waals surface area contributed by atoms with E-state index in [9.17, 15) is 4.79 Å². The second kappa shape index (κ2) is 7.61. The Balaban J connectivity index is 1.85. The Labute approximate surface area is 172 Å². The SMILES string of the molecule is COc1ccc(-c2nn(-c3ccccc3)cc2C=C2SC(=S)NC2=O)cc1C. The lowest BCUT2D eigenvalue weighted by Gasteiger charge is -2.07. The first-order chi connectivity index (χ1) is 13.5. The van der Waals surface area contributed by atoms with Gasteiger partial charge in [0, 0.05) is 17.3 Å². The summed E-state index contributed by atoms with van der Waals surface area (Å²) in [5, 5.41) is 7.44. The van der Waals surface area contributed by atoms with Gasteiger partial charge >= 0.3 is 0 Å². The van der Waals surface area contributed by atoms with Crippen LogP contribution in [0.2, 0.25) is 0 Å². The van der Waals surface area contributed by atoms with E-state index in [0.717, 1.165) is 33.8 Å². The number of nitrogens with zero attached hydrogens (tertiary/aromatic N) is 2. The predicted molar refractivity (Wildman–Crippen MR) is 117 cm³/mol. The summed E-state index contributed by atoms with van der Waals surface area (Å²) < 4.78 is 7.65. The van der Waals surface area contributed by atoms with Gasteiger partial charge in [0.25, 0.3) is 5.91 Å². The minimum Gasteiger partial charge on any atom is -0.496 e. The molecule has 0 spiro atoms. The van der Waals surface area contributed by atoms with E-state index >= 15 is 0 Å². The number of aromatic nitrogens is 2. The van der Waals surface area contributed by atoms with Gasteiger partial charge in [-0.25, -0.2) is 4.68 Å². The summed E-state index contributed by atoms with van der Waals surface area (Å²) in [4.78, 5) is 12.7. The zero-order valence-corrected chi connectivity index (χ0v) is 16.9. The third kappa shape index (κ3) is 3.58. The highest BCUT2D eigenvalue weighted by atomic mass is 32.2. The lowest BCUT2D eigenvalue weighted by Crippen LogP contribution is -2.17. The Morgan fingerprint density at radius 3 is 2.64 bits per heavy atom. The number of hydrogen-bond acceptors (Lipinski definition) is 5. The molecule has 0 radical (unpaired) electrons. The fourth-order valence-corrected chi connectivity index (χ4v) is 4.05. The van der Waals surface area contributed by atoms with Crippen LogP contribution in [0, 0.1) is 6.92 Å². The highest BCUT2D eigenvalue weighted by Crippen LogP contribution is 2.32. The molecule has 2 aromatic carbocycles. The first kappa shape index (κ1) is 18.5. The molecule has 4 rings (SSSR count). The Kier molecular flexibility index (Phi) is 5.02. The van der Waals surface area contributed by atoms with Crippen molar-refractivity contribution in [1.82, 2.24) is 15.1 Å². The molecule has 2 heterocycles. The van der Waals surface area contributed by atoms with E-state index < -0.39 is 0 Å². The van der Waals surface area contributed by atoms with Crippen molar-refractivity contribution in [2.45, 2.75) is 6.92 Å². The molecular weight excluding hydrogens is 390 g/mol. The van der Waals surface area contributed by atoms with Crippen LogP contribution in [0.1, 0.15) is 11.1 Å². The molecule has 1 fully saturated rings. The summed E-state index contributed by atoms with van der Waals surface area (Å²) in [6.45, 7) is 1.99. The largest absolute Gasteiger partial charge is 0.496 e. The van der Waals surface area contributed by atoms with Crippen LogP contribution in [-0.2, 0) is 4.79 Å². The number of para-hydroxylation sites is 1. The molecular formula is C21H17N3O2S2.